The van der Waals surface area contributed by atoms with Gasteiger partial charge in [-0.1, -0.05) is 6.92 Å². The van der Waals surface area contributed by atoms with E-state index in [4.69, 9.17) is 16.3 Å². The third kappa shape index (κ3) is 3.41. The molecule has 1 aromatic rings. The summed E-state index contributed by atoms with van der Waals surface area (Å²) in [6.07, 6.45) is 1.01. The monoisotopic (exact) mass is 257 g/mol. The molecule has 1 saturated heterocycles. The molecule has 0 radical (unpaired) electrons. The van der Waals surface area contributed by atoms with E-state index in [0.29, 0.717) is 25.1 Å². The van der Waals surface area contributed by atoms with Crippen molar-refractivity contribution in [2.45, 2.75) is 13.3 Å². The average Bonchev–Trinajstić information content (AvgIpc) is 2.37. The van der Waals surface area contributed by atoms with Crippen LogP contribution in [0, 0.1) is 0 Å². The number of aromatic nitrogens is 3. The lowest BCUT2D eigenvalue weighted by atomic mass is 10.4. The SMILES string of the molecule is CCCNc1nc(Cl)nc(N2CCOCC2)n1. The fourth-order valence-electron chi connectivity index (χ4n) is 1.56. The maximum atomic E-state index is 5.89. The van der Waals surface area contributed by atoms with Gasteiger partial charge >= 0.3 is 0 Å². The van der Waals surface area contributed by atoms with Crippen molar-refractivity contribution in [3.63, 3.8) is 0 Å². The fourth-order valence-corrected chi connectivity index (χ4v) is 1.72. The summed E-state index contributed by atoms with van der Waals surface area (Å²) in [6.45, 7) is 5.87. The van der Waals surface area contributed by atoms with Gasteiger partial charge in [0.05, 0.1) is 13.2 Å². The number of nitrogens with one attached hydrogen (secondary N) is 1. The summed E-state index contributed by atoms with van der Waals surface area (Å²) in [5.74, 6) is 1.15. The number of morpholine rings is 1. The lowest BCUT2D eigenvalue weighted by molar-refractivity contribution is 0.122. The van der Waals surface area contributed by atoms with Crippen LogP contribution in [0.15, 0.2) is 0 Å². The van der Waals surface area contributed by atoms with Crippen molar-refractivity contribution in [2.75, 3.05) is 43.1 Å². The van der Waals surface area contributed by atoms with Gasteiger partial charge in [0.1, 0.15) is 0 Å². The highest BCUT2D eigenvalue weighted by Gasteiger charge is 2.15. The molecule has 0 saturated carbocycles. The Bertz CT molecular complexity index is 370. The molecule has 0 bridgehead atoms. The molecule has 0 spiro atoms. The number of hydrogen-bond acceptors (Lipinski definition) is 6. The van der Waals surface area contributed by atoms with Crippen molar-refractivity contribution in [3.8, 4) is 0 Å². The van der Waals surface area contributed by atoms with Gasteiger partial charge in [-0.15, -0.1) is 0 Å². The van der Waals surface area contributed by atoms with Gasteiger partial charge in [-0.3, -0.25) is 0 Å². The van der Waals surface area contributed by atoms with E-state index in [-0.39, 0.29) is 5.28 Å². The molecule has 0 atom stereocenters. The Morgan fingerprint density at radius 1 is 1.29 bits per heavy atom. The van der Waals surface area contributed by atoms with Crippen LogP contribution in [0.5, 0.6) is 0 Å². The Hall–Kier alpha value is -1.14. The molecule has 0 aromatic carbocycles. The predicted octanol–water partition coefficient (Wildman–Crippen LogP) is 1.18. The fraction of sp³-hybridized carbons (Fsp3) is 0.700. The van der Waals surface area contributed by atoms with E-state index in [2.05, 4.69) is 27.2 Å². The standard InChI is InChI=1S/C10H16ClN5O/c1-2-3-12-9-13-8(11)14-10(15-9)16-4-6-17-7-5-16/h2-7H2,1H3,(H,12,13,14,15). The molecular formula is C10H16ClN5O. The zero-order valence-corrected chi connectivity index (χ0v) is 10.6. The summed E-state index contributed by atoms with van der Waals surface area (Å²) in [5, 5.41) is 3.33. The summed E-state index contributed by atoms with van der Waals surface area (Å²) in [5.41, 5.74) is 0. The minimum absolute atomic E-state index is 0.222. The third-order valence-electron chi connectivity index (χ3n) is 2.42. The predicted molar refractivity (Wildman–Crippen MR) is 66.6 cm³/mol. The molecule has 1 aromatic heterocycles. The first kappa shape index (κ1) is 12.3. The Balaban J connectivity index is 2.12. The number of rotatable bonds is 4. The number of nitrogens with zero attached hydrogens (tertiary/aromatic N) is 4. The Labute approximate surface area is 105 Å². The maximum absolute atomic E-state index is 5.89. The summed E-state index contributed by atoms with van der Waals surface area (Å²) in [6, 6.07) is 0. The number of hydrogen-bond donors (Lipinski definition) is 1. The lowest BCUT2D eigenvalue weighted by Gasteiger charge is -2.26. The van der Waals surface area contributed by atoms with Crippen molar-refractivity contribution in [3.05, 3.63) is 5.28 Å². The van der Waals surface area contributed by atoms with Crippen molar-refractivity contribution in [1.82, 2.24) is 15.0 Å². The summed E-state index contributed by atoms with van der Waals surface area (Å²) in [7, 11) is 0. The highest BCUT2D eigenvalue weighted by atomic mass is 35.5. The first-order valence-corrected chi connectivity index (χ1v) is 6.15. The van der Waals surface area contributed by atoms with E-state index in [9.17, 15) is 0 Å². The summed E-state index contributed by atoms with van der Waals surface area (Å²) in [4.78, 5) is 14.6. The molecule has 17 heavy (non-hydrogen) atoms. The van der Waals surface area contributed by atoms with Crippen LogP contribution in [0.25, 0.3) is 0 Å². The topological polar surface area (TPSA) is 63.2 Å². The van der Waals surface area contributed by atoms with Crippen molar-refractivity contribution in [2.24, 2.45) is 0 Å². The number of ether oxygens (including phenoxy) is 1. The molecule has 94 valence electrons. The van der Waals surface area contributed by atoms with Gasteiger partial charge in [-0.05, 0) is 18.0 Å². The zero-order chi connectivity index (χ0) is 12.1. The van der Waals surface area contributed by atoms with Gasteiger partial charge in [0, 0.05) is 19.6 Å². The molecule has 2 rings (SSSR count). The van der Waals surface area contributed by atoms with Crippen LogP contribution in [-0.2, 0) is 4.74 Å². The quantitative estimate of drug-likeness (QED) is 0.874. The van der Waals surface area contributed by atoms with E-state index >= 15 is 0 Å². The van der Waals surface area contributed by atoms with Crippen LogP contribution in [0.4, 0.5) is 11.9 Å². The van der Waals surface area contributed by atoms with Gasteiger partial charge in [-0.25, -0.2) is 0 Å². The van der Waals surface area contributed by atoms with E-state index in [1.807, 2.05) is 4.90 Å². The second kappa shape index (κ2) is 5.97. The molecule has 0 amide bonds. The van der Waals surface area contributed by atoms with Crippen LogP contribution >= 0.6 is 11.6 Å². The van der Waals surface area contributed by atoms with Crippen molar-refractivity contribution in [1.29, 1.82) is 0 Å². The van der Waals surface area contributed by atoms with Crippen LogP contribution in [-0.4, -0.2) is 47.8 Å². The average molecular weight is 258 g/mol. The molecular weight excluding hydrogens is 242 g/mol. The maximum Gasteiger partial charge on any atom is 0.231 e. The zero-order valence-electron chi connectivity index (χ0n) is 9.82. The molecule has 1 aliphatic heterocycles. The van der Waals surface area contributed by atoms with Gasteiger partial charge in [-0.2, -0.15) is 15.0 Å². The van der Waals surface area contributed by atoms with Crippen LogP contribution in [0.1, 0.15) is 13.3 Å². The minimum atomic E-state index is 0.222. The number of anilines is 2. The van der Waals surface area contributed by atoms with Crippen LogP contribution < -0.4 is 10.2 Å². The first-order chi connectivity index (χ1) is 8.29. The highest BCUT2D eigenvalue weighted by molar-refractivity contribution is 6.28. The second-order valence-corrected chi connectivity index (χ2v) is 4.09. The lowest BCUT2D eigenvalue weighted by Crippen LogP contribution is -2.37. The van der Waals surface area contributed by atoms with Gasteiger partial charge in [0.15, 0.2) is 0 Å². The first-order valence-electron chi connectivity index (χ1n) is 5.77. The largest absolute Gasteiger partial charge is 0.378 e. The minimum Gasteiger partial charge on any atom is -0.378 e. The Morgan fingerprint density at radius 2 is 2.06 bits per heavy atom. The molecule has 1 aliphatic rings. The molecule has 2 heterocycles. The van der Waals surface area contributed by atoms with E-state index < -0.39 is 0 Å². The summed E-state index contributed by atoms with van der Waals surface area (Å²) >= 11 is 5.89. The van der Waals surface area contributed by atoms with Gasteiger partial charge in [0.2, 0.25) is 17.2 Å². The Morgan fingerprint density at radius 3 is 2.76 bits per heavy atom. The molecule has 7 heteroatoms. The van der Waals surface area contributed by atoms with E-state index in [0.717, 1.165) is 26.1 Å². The third-order valence-corrected chi connectivity index (χ3v) is 2.59. The van der Waals surface area contributed by atoms with Crippen LogP contribution in [0.3, 0.4) is 0 Å². The molecule has 6 nitrogen and oxygen atoms in total. The molecule has 1 fully saturated rings. The number of halogens is 1. The normalized spacial score (nSPS) is 16.0. The second-order valence-electron chi connectivity index (χ2n) is 3.75. The smallest absolute Gasteiger partial charge is 0.231 e. The van der Waals surface area contributed by atoms with Gasteiger partial charge < -0.3 is 15.0 Å². The highest BCUT2D eigenvalue weighted by Crippen LogP contribution is 2.14. The van der Waals surface area contributed by atoms with Crippen LogP contribution in [0.2, 0.25) is 5.28 Å². The Kier molecular flexibility index (Phi) is 4.33. The molecule has 0 unspecified atom stereocenters. The molecule has 0 aliphatic carbocycles. The summed E-state index contributed by atoms with van der Waals surface area (Å²) < 4.78 is 5.29. The van der Waals surface area contributed by atoms with E-state index in [1.54, 1.807) is 0 Å². The van der Waals surface area contributed by atoms with Crippen molar-refractivity contribution >= 4 is 23.5 Å². The van der Waals surface area contributed by atoms with Crippen molar-refractivity contribution < 1.29 is 4.74 Å². The molecule has 1 N–H and O–H groups in total. The van der Waals surface area contributed by atoms with E-state index in [1.165, 1.54) is 0 Å². The van der Waals surface area contributed by atoms with Gasteiger partial charge in [0.25, 0.3) is 0 Å².